The van der Waals surface area contributed by atoms with Crippen LogP contribution in [0, 0.1) is 0 Å². The third kappa shape index (κ3) is 4.32. The van der Waals surface area contributed by atoms with E-state index in [0.717, 1.165) is 43.7 Å². The average Bonchev–Trinajstić information content (AvgIpc) is 2.97. The Bertz CT molecular complexity index is 936. The van der Waals surface area contributed by atoms with E-state index in [1.165, 1.54) is 18.6 Å². The van der Waals surface area contributed by atoms with E-state index in [1.807, 2.05) is 4.90 Å². The smallest absolute Gasteiger partial charge is 0.238 e. The first kappa shape index (κ1) is 19.8. The van der Waals surface area contributed by atoms with Crippen molar-refractivity contribution < 1.29 is 13.2 Å². The van der Waals surface area contributed by atoms with E-state index >= 15 is 0 Å². The first-order valence-corrected chi connectivity index (χ1v) is 11.2. The van der Waals surface area contributed by atoms with Gasteiger partial charge >= 0.3 is 0 Å². The van der Waals surface area contributed by atoms with Gasteiger partial charge in [-0.15, -0.1) is 0 Å². The Hall–Kier alpha value is -1.93. The maximum Gasteiger partial charge on any atom is 0.238 e. The largest absolute Gasteiger partial charge is 0.340 e. The van der Waals surface area contributed by atoms with Crippen LogP contribution >= 0.6 is 0 Å². The number of hydrogen-bond acceptors (Lipinski definition) is 4. The Balaban J connectivity index is 1.84. The van der Waals surface area contributed by atoms with E-state index in [0.29, 0.717) is 24.4 Å². The van der Waals surface area contributed by atoms with E-state index in [4.69, 9.17) is 5.14 Å². The molecule has 0 bridgehead atoms. The number of carbonyl (C=O) groups is 1. The Kier molecular flexibility index (Phi) is 5.86. The molecule has 0 aliphatic carbocycles. The molecule has 1 unspecified atom stereocenters. The summed E-state index contributed by atoms with van der Waals surface area (Å²) < 4.78 is 25.3. The van der Waals surface area contributed by atoms with Crippen molar-refractivity contribution in [2.75, 3.05) is 6.54 Å². The van der Waals surface area contributed by atoms with Crippen molar-refractivity contribution in [1.82, 2.24) is 14.5 Å². The molecule has 2 N–H and O–H groups in total. The van der Waals surface area contributed by atoms with Crippen LogP contribution in [-0.2, 0) is 27.8 Å². The van der Waals surface area contributed by atoms with Gasteiger partial charge in [0.15, 0.2) is 0 Å². The summed E-state index contributed by atoms with van der Waals surface area (Å²) in [5.74, 6) is 0.985. The van der Waals surface area contributed by atoms with E-state index in [-0.39, 0.29) is 10.8 Å². The van der Waals surface area contributed by atoms with Crippen LogP contribution in [-0.4, -0.2) is 41.4 Å². The molecule has 8 heteroatoms. The maximum atomic E-state index is 12.6. The summed E-state index contributed by atoms with van der Waals surface area (Å²) in [7, 11) is -3.77. The minimum atomic E-state index is -3.77. The summed E-state index contributed by atoms with van der Waals surface area (Å²) in [6, 6.07) is 5.07. The second-order valence-corrected chi connectivity index (χ2v) is 8.87. The second kappa shape index (κ2) is 7.98. The van der Waals surface area contributed by atoms with Crippen LogP contribution in [0.4, 0.5) is 0 Å². The number of likely N-dealkylation sites (tertiary alicyclic amines) is 1. The lowest BCUT2D eigenvalue weighted by Crippen LogP contribution is -2.42. The summed E-state index contributed by atoms with van der Waals surface area (Å²) in [5.41, 5.74) is 1.47. The fourth-order valence-corrected chi connectivity index (χ4v) is 4.37. The SMILES string of the molecule is CCCn1c(CCC(=O)N2CCCCC2C)nc2cc(S(N)(=O)=O)ccc21. The summed E-state index contributed by atoms with van der Waals surface area (Å²) in [5, 5.41) is 5.23. The molecule has 1 saturated heterocycles. The van der Waals surface area contributed by atoms with Gasteiger partial charge in [-0.1, -0.05) is 6.92 Å². The molecule has 1 aromatic heterocycles. The lowest BCUT2D eigenvalue weighted by Gasteiger charge is -2.33. The number of sulfonamides is 1. The number of carbonyl (C=O) groups excluding carboxylic acids is 1. The molecule has 1 aromatic carbocycles. The number of nitrogens with two attached hydrogens (primary N) is 1. The molecule has 1 aliphatic heterocycles. The van der Waals surface area contributed by atoms with Gasteiger partial charge in [0.05, 0.1) is 15.9 Å². The number of amides is 1. The fraction of sp³-hybridized carbons (Fsp3) is 0.579. The minimum Gasteiger partial charge on any atom is -0.340 e. The van der Waals surface area contributed by atoms with Crippen molar-refractivity contribution in [1.29, 1.82) is 0 Å². The molecule has 1 fully saturated rings. The van der Waals surface area contributed by atoms with E-state index in [9.17, 15) is 13.2 Å². The summed E-state index contributed by atoms with van der Waals surface area (Å²) in [6.07, 6.45) is 5.20. The molecule has 0 spiro atoms. The topological polar surface area (TPSA) is 98.3 Å². The number of benzene rings is 1. The minimum absolute atomic E-state index is 0.0564. The predicted molar refractivity (Wildman–Crippen MR) is 105 cm³/mol. The molecule has 0 radical (unpaired) electrons. The number of nitrogens with zero attached hydrogens (tertiary/aromatic N) is 3. The molecule has 2 heterocycles. The summed E-state index contributed by atoms with van der Waals surface area (Å²) in [4.78, 5) is 19.3. The molecule has 7 nitrogen and oxygen atoms in total. The lowest BCUT2D eigenvalue weighted by atomic mass is 10.0. The fourth-order valence-electron chi connectivity index (χ4n) is 3.83. The third-order valence-corrected chi connectivity index (χ3v) is 6.17. The molecule has 148 valence electrons. The van der Waals surface area contributed by atoms with Crippen LogP contribution in [0.15, 0.2) is 23.1 Å². The van der Waals surface area contributed by atoms with Crippen molar-refractivity contribution in [3.63, 3.8) is 0 Å². The summed E-state index contributed by atoms with van der Waals surface area (Å²) >= 11 is 0. The van der Waals surface area contributed by atoms with Crippen LogP contribution in [0.2, 0.25) is 0 Å². The van der Waals surface area contributed by atoms with Crippen molar-refractivity contribution in [2.24, 2.45) is 5.14 Å². The number of piperidine rings is 1. The normalized spacial score (nSPS) is 18.2. The van der Waals surface area contributed by atoms with Gasteiger partial charge in [0.2, 0.25) is 15.9 Å². The highest BCUT2D eigenvalue weighted by Gasteiger charge is 2.23. The van der Waals surface area contributed by atoms with Crippen LogP contribution in [0.25, 0.3) is 11.0 Å². The van der Waals surface area contributed by atoms with Crippen LogP contribution in [0.5, 0.6) is 0 Å². The van der Waals surface area contributed by atoms with Gasteiger partial charge in [-0.3, -0.25) is 4.79 Å². The zero-order valence-electron chi connectivity index (χ0n) is 16.0. The van der Waals surface area contributed by atoms with Gasteiger partial charge in [-0.2, -0.15) is 0 Å². The first-order chi connectivity index (χ1) is 12.8. The maximum absolute atomic E-state index is 12.6. The van der Waals surface area contributed by atoms with E-state index < -0.39 is 10.0 Å². The Labute approximate surface area is 160 Å². The van der Waals surface area contributed by atoms with Gasteiger partial charge in [0, 0.05) is 32.0 Å². The number of aromatic nitrogens is 2. The van der Waals surface area contributed by atoms with Gasteiger partial charge in [0.25, 0.3) is 0 Å². The third-order valence-electron chi connectivity index (χ3n) is 5.26. The number of fused-ring (bicyclic) bond motifs is 1. The Morgan fingerprint density at radius 2 is 2.11 bits per heavy atom. The number of rotatable bonds is 6. The highest BCUT2D eigenvalue weighted by atomic mass is 32.2. The highest BCUT2D eigenvalue weighted by Crippen LogP contribution is 2.22. The second-order valence-electron chi connectivity index (χ2n) is 7.31. The zero-order chi connectivity index (χ0) is 19.6. The lowest BCUT2D eigenvalue weighted by molar-refractivity contribution is -0.134. The van der Waals surface area contributed by atoms with Crippen molar-refractivity contribution in [3.05, 3.63) is 24.0 Å². The summed E-state index contributed by atoms with van der Waals surface area (Å²) in [6.45, 7) is 5.80. The number of hydrogen-bond donors (Lipinski definition) is 1. The number of imidazole rings is 1. The van der Waals surface area contributed by atoms with Gasteiger partial charge in [-0.05, 0) is 50.8 Å². The molecule has 2 aromatic rings. The standard InChI is InChI=1S/C19H28N4O3S/c1-3-11-23-17-8-7-15(27(20,25)26)13-16(17)21-18(23)9-10-19(24)22-12-5-4-6-14(22)2/h7-8,13-14H,3-6,9-12H2,1-2H3,(H2,20,25,26). The monoisotopic (exact) mass is 392 g/mol. The van der Waals surface area contributed by atoms with E-state index in [1.54, 1.807) is 6.07 Å². The Morgan fingerprint density at radius 3 is 2.78 bits per heavy atom. The molecular formula is C19H28N4O3S. The molecule has 1 atom stereocenters. The molecule has 1 amide bonds. The van der Waals surface area contributed by atoms with Crippen LogP contribution in [0.1, 0.15) is 51.8 Å². The number of aryl methyl sites for hydroxylation is 2. The van der Waals surface area contributed by atoms with Crippen molar-refractivity contribution >= 4 is 27.0 Å². The Morgan fingerprint density at radius 1 is 1.33 bits per heavy atom. The highest BCUT2D eigenvalue weighted by molar-refractivity contribution is 7.89. The van der Waals surface area contributed by atoms with Crippen LogP contribution in [0.3, 0.4) is 0 Å². The predicted octanol–water partition coefficient (Wildman–Crippen LogP) is 2.43. The molecule has 0 saturated carbocycles. The zero-order valence-corrected chi connectivity index (χ0v) is 16.8. The van der Waals surface area contributed by atoms with Gasteiger partial charge in [0.1, 0.15) is 5.82 Å². The van der Waals surface area contributed by atoms with Crippen LogP contribution < -0.4 is 5.14 Å². The average molecular weight is 393 g/mol. The van der Waals surface area contributed by atoms with Crippen molar-refractivity contribution in [3.8, 4) is 0 Å². The number of primary sulfonamides is 1. The van der Waals surface area contributed by atoms with Crippen molar-refractivity contribution in [2.45, 2.75) is 69.9 Å². The van der Waals surface area contributed by atoms with Gasteiger partial charge < -0.3 is 9.47 Å². The van der Waals surface area contributed by atoms with E-state index in [2.05, 4.69) is 23.4 Å². The molecular weight excluding hydrogens is 364 g/mol. The van der Waals surface area contributed by atoms with Gasteiger partial charge in [-0.25, -0.2) is 18.5 Å². The molecule has 3 rings (SSSR count). The first-order valence-electron chi connectivity index (χ1n) is 9.62. The molecule has 27 heavy (non-hydrogen) atoms. The molecule has 1 aliphatic rings. The quantitative estimate of drug-likeness (QED) is 0.816.